The molecule has 17 heavy (non-hydrogen) atoms. The lowest BCUT2D eigenvalue weighted by molar-refractivity contribution is -0.895. The smallest absolute Gasteiger partial charge is 0.240 e. The summed E-state index contributed by atoms with van der Waals surface area (Å²) in [6.07, 6.45) is 0. The highest BCUT2D eigenvalue weighted by molar-refractivity contribution is 7.89. The molecule has 2 N–H and O–H groups in total. The minimum Gasteiger partial charge on any atom is -0.334 e. The molecular weight excluding hydrogens is 236 g/mol. The number of likely N-dealkylation sites (N-methyl/N-ethyl adjacent to an activating group) is 1. The maximum absolute atomic E-state index is 11.9. The largest absolute Gasteiger partial charge is 0.334 e. The number of rotatable bonds is 7. The van der Waals surface area contributed by atoms with Crippen LogP contribution in [-0.2, 0) is 10.0 Å². The first-order chi connectivity index (χ1) is 8.10. The summed E-state index contributed by atoms with van der Waals surface area (Å²) < 4.78 is 26.4. The van der Waals surface area contributed by atoms with Crippen LogP contribution < -0.4 is 9.62 Å². The van der Waals surface area contributed by atoms with E-state index in [9.17, 15) is 8.42 Å². The Balaban J connectivity index is 2.52. The van der Waals surface area contributed by atoms with Gasteiger partial charge in [-0.1, -0.05) is 18.2 Å². The predicted molar refractivity (Wildman–Crippen MR) is 68.5 cm³/mol. The summed E-state index contributed by atoms with van der Waals surface area (Å²) in [6.45, 7) is 7.54. The van der Waals surface area contributed by atoms with Gasteiger partial charge in [0.15, 0.2) is 0 Å². The first-order valence-corrected chi connectivity index (χ1v) is 7.46. The van der Waals surface area contributed by atoms with Crippen LogP contribution in [0.3, 0.4) is 0 Å². The molecule has 1 aromatic carbocycles. The molecule has 0 saturated heterocycles. The molecule has 0 heterocycles. The number of quaternary nitrogens is 1. The summed E-state index contributed by atoms with van der Waals surface area (Å²) in [4.78, 5) is 1.72. The summed E-state index contributed by atoms with van der Waals surface area (Å²) in [5, 5.41) is 0. The summed E-state index contributed by atoms with van der Waals surface area (Å²) in [7, 11) is -3.34. The summed E-state index contributed by atoms with van der Waals surface area (Å²) in [5.41, 5.74) is 0. The van der Waals surface area contributed by atoms with E-state index < -0.39 is 10.0 Å². The lowest BCUT2D eigenvalue weighted by Gasteiger charge is -2.15. The van der Waals surface area contributed by atoms with Gasteiger partial charge in [0, 0.05) is 0 Å². The van der Waals surface area contributed by atoms with E-state index in [0.29, 0.717) is 11.4 Å². The Morgan fingerprint density at radius 3 is 2.24 bits per heavy atom. The normalized spacial score (nSPS) is 11.9. The van der Waals surface area contributed by atoms with Gasteiger partial charge in [-0.3, -0.25) is 0 Å². The Morgan fingerprint density at radius 2 is 1.71 bits per heavy atom. The molecular formula is C12H21N2O2S+. The third-order valence-corrected chi connectivity index (χ3v) is 4.30. The first-order valence-electron chi connectivity index (χ1n) is 5.98. The Labute approximate surface area is 104 Å². The van der Waals surface area contributed by atoms with Crippen LogP contribution in [0.15, 0.2) is 35.2 Å². The van der Waals surface area contributed by atoms with Crippen LogP contribution in [0, 0.1) is 0 Å². The average Bonchev–Trinajstić information content (AvgIpc) is 2.36. The molecule has 0 aliphatic rings. The minimum atomic E-state index is -3.34. The third-order valence-electron chi connectivity index (χ3n) is 2.82. The highest BCUT2D eigenvalue weighted by atomic mass is 32.2. The van der Waals surface area contributed by atoms with Crippen LogP contribution in [0.1, 0.15) is 13.8 Å². The zero-order chi connectivity index (χ0) is 12.7. The van der Waals surface area contributed by atoms with Crippen molar-refractivity contribution >= 4 is 10.0 Å². The van der Waals surface area contributed by atoms with Gasteiger partial charge in [-0.05, 0) is 26.0 Å². The molecule has 0 fully saturated rings. The van der Waals surface area contributed by atoms with Crippen molar-refractivity contribution in [2.75, 3.05) is 26.2 Å². The molecule has 0 radical (unpaired) electrons. The summed E-state index contributed by atoms with van der Waals surface area (Å²) in [6, 6.07) is 8.46. The van der Waals surface area contributed by atoms with E-state index in [4.69, 9.17) is 0 Å². The van der Waals surface area contributed by atoms with Crippen LogP contribution in [0.25, 0.3) is 0 Å². The van der Waals surface area contributed by atoms with Gasteiger partial charge in [0.25, 0.3) is 0 Å². The molecule has 0 aromatic heterocycles. The van der Waals surface area contributed by atoms with Crippen molar-refractivity contribution in [1.82, 2.24) is 4.72 Å². The van der Waals surface area contributed by atoms with Gasteiger partial charge >= 0.3 is 0 Å². The van der Waals surface area contributed by atoms with E-state index in [-0.39, 0.29) is 0 Å². The van der Waals surface area contributed by atoms with E-state index in [1.165, 1.54) is 4.90 Å². The topological polar surface area (TPSA) is 50.6 Å². The van der Waals surface area contributed by atoms with Crippen molar-refractivity contribution < 1.29 is 13.3 Å². The van der Waals surface area contributed by atoms with Crippen LogP contribution in [0.5, 0.6) is 0 Å². The Morgan fingerprint density at radius 1 is 1.12 bits per heavy atom. The van der Waals surface area contributed by atoms with Crippen molar-refractivity contribution in [3.8, 4) is 0 Å². The molecule has 0 saturated carbocycles. The van der Waals surface area contributed by atoms with Gasteiger partial charge in [-0.25, -0.2) is 13.1 Å². The van der Waals surface area contributed by atoms with Crippen molar-refractivity contribution in [3.63, 3.8) is 0 Å². The average molecular weight is 257 g/mol. The van der Waals surface area contributed by atoms with Gasteiger partial charge in [-0.2, -0.15) is 0 Å². The van der Waals surface area contributed by atoms with Crippen molar-refractivity contribution in [1.29, 1.82) is 0 Å². The van der Waals surface area contributed by atoms with Crippen LogP contribution in [0.4, 0.5) is 0 Å². The highest BCUT2D eigenvalue weighted by Crippen LogP contribution is 2.05. The second-order valence-corrected chi connectivity index (χ2v) is 5.68. The molecule has 5 heteroatoms. The zero-order valence-corrected chi connectivity index (χ0v) is 11.3. The molecule has 4 nitrogen and oxygen atoms in total. The fourth-order valence-corrected chi connectivity index (χ4v) is 2.70. The summed E-state index contributed by atoms with van der Waals surface area (Å²) >= 11 is 0. The van der Waals surface area contributed by atoms with Crippen molar-refractivity contribution in [2.45, 2.75) is 18.7 Å². The van der Waals surface area contributed by atoms with E-state index >= 15 is 0 Å². The van der Waals surface area contributed by atoms with Gasteiger partial charge in [0.05, 0.1) is 31.1 Å². The van der Waals surface area contributed by atoms with Gasteiger partial charge in [0.2, 0.25) is 10.0 Å². The van der Waals surface area contributed by atoms with E-state index in [0.717, 1.165) is 19.6 Å². The lowest BCUT2D eigenvalue weighted by Crippen LogP contribution is -3.12. The van der Waals surface area contributed by atoms with Gasteiger partial charge in [0.1, 0.15) is 0 Å². The zero-order valence-electron chi connectivity index (χ0n) is 10.4. The molecule has 1 aromatic rings. The fraction of sp³-hybridized carbons (Fsp3) is 0.500. The van der Waals surface area contributed by atoms with Crippen molar-refractivity contribution in [3.05, 3.63) is 30.3 Å². The number of nitrogens with one attached hydrogen (secondary N) is 2. The summed E-state index contributed by atoms with van der Waals surface area (Å²) in [5.74, 6) is 0. The molecule has 0 atom stereocenters. The first kappa shape index (κ1) is 14.2. The predicted octanol–water partition coefficient (Wildman–Crippen LogP) is -0.110. The quantitative estimate of drug-likeness (QED) is 0.716. The number of hydrogen-bond donors (Lipinski definition) is 2. The molecule has 0 amide bonds. The third kappa shape index (κ3) is 4.46. The monoisotopic (exact) mass is 257 g/mol. The lowest BCUT2D eigenvalue weighted by atomic mass is 10.4. The molecule has 1 rings (SSSR count). The van der Waals surface area contributed by atoms with Crippen LogP contribution in [-0.4, -0.2) is 34.6 Å². The maximum Gasteiger partial charge on any atom is 0.240 e. The van der Waals surface area contributed by atoms with Gasteiger partial charge in [-0.15, -0.1) is 0 Å². The van der Waals surface area contributed by atoms with Crippen molar-refractivity contribution in [2.24, 2.45) is 0 Å². The molecule has 0 bridgehead atoms. The highest BCUT2D eigenvalue weighted by Gasteiger charge is 2.13. The van der Waals surface area contributed by atoms with E-state index in [2.05, 4.69) is 18.6 Å². The Bertz CT molecular complexity index is 413. The molecule has 96 valence electrons. The van der Waals surface area contributed by atoms with E-state index in [1.54, 1.807) is 30.3 Å². The number of benzene rings is 1. The minimum absolute atomic E-state index is 0.328. The Kier molecular flexibility index (Phi) is 5.61. The van der Waals surface area contributed by atoms with Crippen LogP contribution >= 0.6 is 0 Å². The standard InChI is InChI=1S/C12H20N2O2S/c1-3-14(4-2)11-10-13-17(15,16)12-8-6-5-7-9-12/h5-9,13H,3-4,10-11H2,1-2H3/p+1. The molecule has 0 aliphatic carbocycles. The van der Waals surface area contributed by atoms with E-state index in [1.807, 2.05) is 0 Å². The Hall–Kier alpha value is -0.910. The molecule has 0 spiro atoms. The number of hydrogen-bond acceptors (Lipinski definition) is 2. The van der Waals surface area contributed by atoms with Gasteiger partial charge < -0.3 is 4.90 Å². The van der Waals surface area contributed by atoms with Crippen LogP contribution in [0.2, 0.25) is 0 Å². The molecule has 0 unspecified atom stereocenters. The molecule has 0 aliphatic heterocycles. The number of sulfonamides is 1. The second kappa shape index (κ2) is 6.74. The SMILES string of the molecule is CC[NH+](CC)CCNS(=O)(=O)c1ccccc1. The second-order valence-electron chi connectivity index (χ2n) is 3.92. The fourth-order valence-electron chi connectivity index (χ4n) is 1.65. The maximum atomic E-state index is 11.9.